The number of hydrogen-bond donors (Lipinski definition) is 2. The van der Waals surface area contributed by atoms with Crippen LogP contribution >= 0.6 is 11.6 Å². The zero-order valence-corrected chi connectivity index (χ0v) is 22.5. The van der Waals surface area contributed by atoms with E-state index in [0.29, 0.717) is 30.3 Å². The summed E-state index contributed by atoms with van der Waals surface area (Å²) in [7, 11) is 0. The maximum atomic E-state index is 13.7. The van der Waals surface area contributed by atoms with Gasteiger partial charge in [0, 0.05) is 36.9 Å². The average Bonchev–Trinajstić information content (AvgIpc) is 3.63. The molecule has 8 heteroatoms. The summed E-state index contributed by atoms with van der Waals surface area (Å²) in [6.45, 7) is 7.36. The smallest absolute Gasteiger partial charge is 0.322 e. The van der Waals surface area contributed by atoms with E-state index in [-0.39, 0.29) is 41.2 Å². The molecule has 0 radical (unpaired) electrons. The molecule has 4 rings (SSSR count). The van der Waals surface area contributed by atoms with Crippen LogP contribution in [0.25, 0.3) is 0 Å². The molecule has 0 spiro atoms. The Morgan fingerprint density at radius 1 is 1.27 bits per heavy atom. The number of carbonyl (C=O) groups excluding carboxylic acids is 1. The SMILES string of the molecule is CC(C)N(CCN(C(=O)Nc1ccc(F)c(Cl)c1)[C@@H]1CC[C@]2(c3cccc(C#N)c3)CC2C1)[C@H](C)CO. The van der Waals surface area contributed by atoms with Crippen molar-refractivity contribution in [1.82, 2.24) is 9.80 Å². The minimum atomic E-state index is -0.528. The van der Waals surface area contributed by atoms with Gasteiger partial charge in [-0.05, 0) is 93.7 Å². The van der Waals surface area contributed by atoms with Gasteiger partial charge in [0.05, 0.1) is 23.3 Å². The molecule has 2 N–H and O–H groups in total. The number of fused-ring (bicyclic) bond motifs is 1. The highest BCUT2D eigenvalue weighted by atomic mass is 35.5. The Morgan fingerprint density at radius 2 is 2.05 bits per heavy atom. The molecule has 0 bridgehead atoms. The lowest BCUT2D eigenvalue weighted by Crippen LogP contribution is -2.51. The Bertz CT molecular complexity index is 1170. The summed E-state index contributed by atoms with van der Waals surface area (Å²) >= 11 is 5.94. The van der Waals surface area contributed by atoms with Gasteiger partial charge in [-0.3, -0.25) is 4.90 Å². The standard InChI is InChI=1S/C29H36ClFN4O2/c1-19(2)34(20(3)18-36)11-12-35(28(37)33-24-7-8-27(31)26(30)15-24)25-9-10-29(16-23(29)14-25)22-6-4-5-21(13-22)17-32/h4-8,13,15,19-20,23,25,36H,9-12,14,16,18H2,1-3H3,(H,33,37)/t20-,23?,25-,29-/m1/s1. The molecule has 2 aliphatic carbocycles. The van der Waals surface area contributed by atoms with Crippen LogP contribution in [0.1, 0.15) is 57.6 Å². The van der Waals surface area contributed by atoms with Gasteiger partial charge in [-0.25, -0.2) is 9.18 Å². The third-order valence-electron chi connectivity index (χ3n) is 8.24. The van der Waals surface area contributed by atoms with Crippen molar-refractivity contribution in [3.63, 3.8) is 0 Å². The molecule has 0 aliphatic heterocycles. The first kappa shape index (κ1) is 27.4. The second-order valence-corrected chi connectivity index (χ2v) is 11.2. The number of nitrogens with zero attached hydrogens (tertiary/aromatic N) is 3. The molecular formula is C29H36ClFN4O2. The lowest BCUT2D eigenvalue weighted by molar-refractivity contribution is 0.0861. The lowest BCUT2D eigenvalue weighted by atomic mass is 9.80. The number of aliphatic hydroxyl groups is 1. The van der Waals surface area contributed by atoms with E-state index >= 15 is 0 Å². The Morgan fingerprint density at radius 3 is 2.70 bits per heavy atom. The minimum absolute atomic E-state index is 0.0179. The van der Waals surface area contributed by atoms with E-state index in [1.807, 2.05) is 30.0 Å². The Kier molecular flexibility index (Phi) is 8.42. The third-order valence-corrected chi connectivity index (χ3v) is 8.53. The number of rotatable bonds is 9. The summed E-state index contributed by atoms with van der Waals surface area (Å²) in [6.07, 6.45) is 3.79. The van der Waals surface area contributed by atoms with Crippen molar-refractivity contribution >= 4 is 23.3 Å². The number of urea groups is 1. The zero-order valence-electron chi connectivity index (χ0n) is 21.8. The zero-order chi connectivity index (χ0) is 26.7. The molecule has 198 valence electrons. The van der Waals surface area contributed by atoms with Crippen LogP contribution in [0.15, 0.2) is 42.5 Å². The van der Waals surface area contributed by atoms with E-state index < -0.39 is 5.82 Å². The minimum Gasteiger partial charge on any atom is -0.395 e. The van der Waals surface area contributed by atoms with Crippen LogP contribution < -0.4 is 5.32 Å². The van der Waals surface area contributed by atoms with Crippen LogP contribution in [-0.4, -0.2) is 58.8 Å². The fraction of sp³-hybridized carbons (Fsp3) is 0.517. The molecule has 2 aromatic carbocycles. The van der Waals surface area contributed by atoms with Crippen LogP contribution in [-0.2, 0) is 5.41 Å². The predicted octanol–water partition coefficient (Wildman–Crippen LogP) is 5.79. The topological polar surface area (TPSA) is 79.6 Å². The van der Waals surface area contributed by atoms with Crippen LogP contribution in [0.5, 0.6) is 0 Å². The molecule has 2 fully saturated rings. The first-order valence-electron chi connectivity index (χ1n) is 13.1. The Hall–Kier alpha value is -2.66. The van der Waals surface area contributed by atoms with Crippen LogP contribution in [0.2, 0.25) is 5.02 Å². The van der Waals surface area contributed by atoms with E-state index in [9.17, 15) is 19.6 Å². The van der Waals surface area contributed by atoms with E-state index in [1.165, 1.54) is 23.8 Å². The maximum absolute atomic E-state index is 13.7. The number of benzene rings is 2. The summed E-state index contributed by atoms with van der Waals surface area (Å²) in [4.78, 5) is 17.7. The predicted molar refractivity (Wildman–Crippen MR) is 144 cm³/mol. The molecule has 37 heavy (non-hydrogen) atoms. The van der Waals surface area contributed by atoms with E-state index in [0.717, 1.165) is 25.7 Å². The molecule has 2 aromatic rings. The van der Waals surface area contributed by atoms with E-state index in [2.05, 4.69) is 36.2 Å². The average molecular weight is 527 g/mol. The molecule has 0 aromatic heterocycles. The van der Waals surface area contributed by atoms with Gasteiger partial charge in [0.2, 0.25) is 0 Å². The van der Waals surface area contributed by atoms with Crippen molar-refractivity contribution in [2.75, 3.05) is 25.0 Å². The van der Waals surface area contributed by atoms with Crippen molar-refractivity contribution < 1.29 is 14.3 Å². The summed E-state index contributed by atoms with van der Waals surface area (Å²) < 4.78 is 13.7. The fourth-order valence-corrected chi connectivity index (χ4v) is 6.26. The van der Waals surface area contributed by atoms with Crippen LogP contribution in [0.4, 0.5) is 14.9 Å². The van der Waals surface area contributed by atoms with Crippen molar-refractivity contribution in [2.45, 2.75) is 70.0 Å². The van der Waals surface area contributed by atoms with Crippen molar-refractivity contribution in [1.29, 1.82) is 5.26 Å². The number of aliphatic hydroxyl groups excluding tert-OH is 1. The van der Waals surface area contributed by atoms with Gasteiger partial charge < -0.3 is 15.3 Å². The van der Waals surface area contributed by atoms with Crippen LogP contribution in [0.3, 0.4) is 0 Å². The fourth-order valence-electron chi connectivity index (χ4n) is 6.08. The molecule has 0 heterocycles. The molecule has 2 amide bonds. The van der Waals surface area contributed by atoms with Crippen LogP contribution in [0, 0.1) is 23.1 Å². The van der Waals surface area contributed by atoms with Gasteiger partial charge in [0.15, 0.2) is 0 Å². The summed E-state index contributed by atoms with van der Waals surface area (Å²) in [5.74, 6) is -0.0618. The lowest BCUT2D eigenvalue weighted by Gasteiger charge is -2.39. The first-order chi connectivity index (χ1) is 17.7. The molecule has 2 saturated carbocycles. The number of nitrogens with one attached hydrogen (secondary N) is 1. The van der Waals surface area contributed by atoms with Gasteiger partial charge in [0.1, 0.15) is 5.82 Å². The van der Waals surface area contributed by atoms with E-state index in [1.54, 1.807) is 0 Å². The van der Waals surface area contributed by atoms with Crippen molar-refractivity contribution in [2.24, 2.45) is 5.92 Å². The highest BCUT2D eigenvalue weighted by Gasteiger charge is 2.58. The highest BCUT2D eigenvalue weighted by Crippen LogP contribution is 2.62. The number of halogens is 2. The summed E-state index contributed by atoms with van der Waals surface area (Å²) in [5, 5.41) is 22.0. The van der Waals surface area contributed by atoms with Gasteiger partial charge in [-0.15, -0.1) is 0 Å². The largest absolute Gasteiger partial charge is 0.395 e. The third kappa shape index (κ3) is 5.93. The van der Waals surface area contributed by atoms with Crippen molar-refractivity contribution in [3.05, 3.63) is 64.4 Å². The van der Waals surface area contributed by atoms with Gasteiger partial charge in [0.25, 0.3) is 0 Å². The van der Waals surface area contributed by atoms with Gasteiger partial charge >= 0.3 is 6.03 Å². The molecule has 0 saturated heterocycles. The number of amides is 2. The first-order valence-corrected chi connectivity index (χ1v) is 13.5. The summed E-state index contributed by atoms with van der Waals surface area (Å²) in [6, 6.07) is 14.4. The van der Waals surface area contributed by atoms with Crippen molar-refractivity contribution in [3.8, 4) is 6.07 Å². The second-order valence-electron chi connectivity index (χ2n) is 10.8. The van der Waals surface area contributed by atoms with Gasteiger partial charge in [-0.2, -0.15) is 5.26 Å². The molecular weight excluding hydrogens is 491 g/mol. The number of anilines is 1. The molecule has 1 unspecified atom stereocenters. The number of carbonyl (C=O) groups is 1. The molecule has 6 nitrogen and oxygen atoms in total. The number of nitriles is 1. The van der Waals surface area contributed by atoms with E-state index in [4.69, 9.17) is 11.6 Å². The molecule has 2 aliphatic rings. The molecule has 4 atom stereocenters. The monoisotopic (exact) mass is 526 g/mol. The normalized spacial score (nSPS) is 23.3. The highest BCUT2D eigenvalue weighted by molar-refractivity contribution is 6.31. The van der Waals surface area contributed by atoms with Gasteiger partial charge in [-0.1, -0.05) is 23.7 Å². The second kappa shape index (κ2) is 11.4. The quantitative estimate of drug-likeness (QED) is 0.433. The number of hydrogen-bond acceptors (Lipinski definition) is 4. The maximum Gasteiger partial charge on any atom is 0.322 e. The summed E-state index contributed by atoms with van der Waals surface area (Å²) in [5.41, 5.74) is 2.47. The Balaban J connectivity index is 1.51. The Labute approximate surface area is 224 Å².